The summed E-state index contributed by atoms with van der Waals surface area (Å²) in [4.78, 5) is 26.9. The lowest BCUT2D eigenvalue weighted by Crippen LogP contribution is -2.32. The van der Waals surface area contributed by atoms with E-state index >= 15 is 0 Å². The van der Waals surface area contributed by atoms with Crippen LogP contribution in [0.25, 0.3) is 0 Å². The van der Waals surface area contributed by atoms with Crippen molar-refractivity contribution in [1.29, 1.82) is 0 Å². The zero-order valence-corrected chi connectivity index (χ0v) is 10.7. The summed E-state index contributed by atoms with van der Waals surface area (Å²) in [5.74, 6) is -3.35. The van der Waals surface area contributed by atoms with Gasteiger partial charge in [0.05, 0.1) is 11.1 Å². The smallest absolute Gasteiger partial charge is 0.261 e. The summed E-state index contributed by atoms with van der Waals surface area (Å²) >= 11 is 0. The van der Waals surface area contributed by atoms with E-state index in [1.807, 2.05) is 19.0 Å². The van der Waals surface area contributed by atoms with Crippen LogP contribution in [0.1, 0.15) is 27.1 Å². The van der Waals surface area contributed by atoms with Gasteiger partial charge >= 0.3 is 0 Å². The predicted molar refractivity (Wildman–Crippen MR) is 64.9 cm³/mol. The minimum atomic E-state index is -1.12. The van der Waals surface area contributed by atoms with Crippen molar-refractivity contribution in [3.63, 3.8) is 0 Å². The minimum absolute atomic E-state index is 0.0613. The van der Waals surface area contributed by atoms with E-state index in [0.29, 0.717) is 6.42 Å². The lowest BCUT2D eigenvalue weighted by Gasteiger charge is -2.15. The molecule has 0 atom stereocenters. The molecule has 1 aliphatic rings. The highest BCUT2D eigenvalue weighted by Crippen LogP contribution is 2.25. The standard InChI is InChI=1S/C13H14F2N2O2/c1-16(2)4-3-5-17-12(18)8-6-10(14)11(15)7-9(8)13(17)19/h6-7H,3-5H2,1-2H3. The van der Waals surface area contributed by atoms with Crippen LogP contribution in [0.2, 0.25) is 0 Å². The Kier molecular flexibility index (Phi) is 3.61. The van der Waals surface area contributed by atoms with E-state index in [1.54, 1.807) is 0 Å². The fourth-order valence-electron chi connectivity index (χ4n) is 2.03. The second-order valence-electron chi connectivity index (χ2n) is 4.73. The van der Waals surface area contributed by atoms with Gasteiger partial charge in [-0.2, -0.15) is 0 Å². The van der Waals surface area contributed by atoms with Crippen LogP contribution in [-0.4, -0.2) is 48.8 Å². The zero-order chi connectivity index (χ0) is 14.2. The van der Waals surface area contributed by atoms with Crippen LogP contribution in [0.4, 0.5) is 8.78 Å². The number of benzene rings is 1. The van der Waals surface area contributed by atoms with Crippen molar-refractivity contribution >= 4 is 11.8 Å². The molecule has 1 aromatic carbocycles. The fraction of sp³-hybridized carbons (Fsp3) is 0.385. The van der Waals surface area contributed by atoms with Gasteiger partial charge in [0.25, 0.3) is 11.8 Å². The molecule has 0 aromatic heterocycles. The summed E-state index contributed by atoms with van der Waals surface area (Å²) in [5.41, 5.74) is -0.123. The van der Waals surface area contributed by atoms with Crippen molar-refractivity contribution in [1.82, 2.24) is 9.80 Å². The van der Waals surface area contributed by atoms with Gasteiger partial charge < -0.3 is 4.90 Å². The first-order valence-electron chi connectivity index (χ1n) is 5.92. The third-order valence-corrected chi connectivity index (χ3v) is 3.00. The van der Waals surface area contributed by atoms with E-state index in [0.717, 1.165) is 23.6 Å². The largest absolute Gasteiger partial charge is 0.309 e. The Morgan fingerprint density at radius 3 is 1.95 bits per heavy atom. The number of carbonyl (C=O) groups is 2. The molecule has 6 heteroatoms. The highest BCUT2D eigenvalue weighted by Gasteiger charge is 2.36. The number of nitrogens with zero attached hydrogens (tertiary/aromatic N) is 2. The van der Waals surface area contributed by atoms with Gasteiger partial charge in [0.2, 0.25) is 0 Å². The van der Waals surface area contributed by atoms with Gasteiger partial charge in [0.1, 0.15) is 0 Å². The Labute approximate surface area is 109 Å². The molecule has 0 saturated carbocycles. The maximum atomic E-state index is 13.1. The average Bonchev–Trinajstić information content (AvgIpc) is 2.55. The molecule has 0 radical (unpaired) electrons. The van der Waals surface area contributed by atoms with Crippen molar-refractivity contribution in [2.45, 2.75) is 6.42 Å². The first kappa shape index (κ1) is 13.6. The number of amides is 2. The fourth-order valence-corrected chi connectivity index (χ4v) is 2.03. The second-order valence-corrected chi connectivity index (χ2v) is 4.73. The molecular formula is C13H14F2N2O2. The molecule has 0 saturated heterocycles. The van der Waals surface area contributed by atoms with Crippen molar-refractivity contribution in [2.75, 3.05) is 27.2 Å². The number of carbonyl (C=O) groups excluding carboxylic acids is 2. The number of imide groups is 1. The Morgan fingerprint density at radius 2 is 1.53 bits per heavy atom. The van der Waals surface area contributed by atoms with Gasteiger partial charge in [-0.3, -0.25) is 14.5 Å². The van der Waals surface area contributed by atoms with Crippen LogP contribution in [0.15, 0.2) is 12.1 Å². The van der Waals surface area contributed by atoms with Crippen molar-refractivity contribution in [3.05, 3.63) is 34.9 Å². The Hall–Kier alpha value is -1.82. The Morgan fingerprint density at radius 1 is 1.05 bits per heavy atom. The summed E-state index contributed by atoms with van der Waals surface area (Å²) in [6, 6.07) is 1.58. The van der Waals surface area contributed by atoms with Crippen LogP contribution in [0, 0.1) is 11.6 Å². The van der Waals surface area contributed by atoms with Gasteiger partial charge in [-0.25, -0.2) is 8.78 Å². The maximum absolute atomic E-state index is 13.1. The van der Waals surface area contributed by atoms with E-state index in [1.165, 1.54) is 0 Å². The van der Waals surface area contributed by atoms with E-state index in [-0.39, 0.29) is 17.7 Å². The van der Waals surface area contributed by atoms with E-state index < -0.39 is 23.4 Å². The van der Waals surface area contributed by atoms with E-state index in [9.17, 15) is 18.4 Å². The summed E-state index contributed by atoms with van der Waals surface area (Å²) in [5, 5.41) is 0. The number of fused-ring (bicyclic) bond motifs is 1. The van der Waals surface area contributed by atoms with Crippen LogP contribution in [0.5, 0.6) is 0 Å². The number of hydrogen-bond acceptors (Lipinski definition) is 3. The molecule has 0 aliphatic carbocycles. The van der Waals surface area contributed by atoms with Gasteiger partial charge in [0, 0.05) is 6.54 Å². The molecule has 2 rings (SSSR count). The van der Waals surface area contributed by atoms with Crippen LogP contribution < -0.4 is 0 Å². The Bertz CT molecular complexity index is 503. The Balaban J connectivity index is 2.19. The molecule has 4 nitrogen and oxygen atoms in total. The number of halogens is 2. The van der Waals surface area contributed by atoms with Gasteiger partial charge in [-0.05, 0) is 39.2 Å². The summed E-state index contributed by atoms with van der Waals surface area (Å²) < 4.78 is 26.2. The SMILES string of the molecule is CN(C)CCCN1C(=O)c2cc(F)c(F)cc2C1=O. The molecule has 19 heavy (non-hydrogen) atoms. The number of hydrogen-bond donors (Lipinski definition) is 0. The molecule has 102 valence electrons. The van der Waals surface area contributed by atoms with Crippen LogP contribution >= 0.6 is 0 Å². The molecule has 1 heterocycles. The third kappa shape index (κ3) is 2.49. The minimum Gasteiger partial charge on any atom is -0.309 e. The summed E-state index contributed by atoms with van der Waals surface area (Å²) in [6.07, 6.45) is 0.615. The summed E-state index contributed by atoms with van der Waals surface area (Å²) in [7, 11) is 3.76. The predicted octanol–water partition coefficient (Wildman–Crippen LogP) is 1.51. The van der Waals surface area contributed by atoms with Gasteiger partial charge in [-0.15, -0.1) is 0 Å². The first-order valence-corrected chi connectivity index (χ1v) is 5.92. The lowest BCUT2D eigenvalue weighted by atomic mass is 10.1. The van der Waals surface area contributed by atoms with Crippen LogP contribution in [0.3, 0.4) is 0 Å². The molecule has 1 aliphatic heterocycles. The number of rotatable bonds is 4. The monoisotopic (exact) mass is 268 g/mol. The van der Waals surface area contributed by atoms with Crippen molar-refractivity contribution in [3.8, 4) is 0 Å². The quantitative estimate of drug-likeness (QED) is 0.777. The van der Waals surface area contributed by atoms with Crippen LogP contribution in [-0.2, 0) is 0 Å². The van der Waals surface area contributed by atoms with E-state index in [2.05, 4.69) is 0 Å². The maximum Gasteiger partial charge on any atom is 0.261 e. The second kappa shape index (κ2) is 5.05. The highest BCUT2D eigenvalue weighted by atomic mass is 19.2. The van der Waals surface area contributed by atoms with Crippen molar-refractivity contribution in [2.24, 2.45) is 0 Å². The average molecular weight is 268 g/mol. The molecular weight excluding hydrogens is 254 g/mol. The molecule has 0 N–H and O–H groups in total. The highest BCUT2D eigenvalue weighted by molar-refractivity contribution is 6.21. The molecule has 1 aromatic rings. The normalized spacial score (nSPS) is 14.5. The van der Waals surface area contributed by atoms with Crippen molar-refractivity contribution < 1.29 is 18.4 Å². The first-order chi connectivity index (χ1) is 8.91. The van der Waals surface area contributed by atoms with E-state index in [4.69, 9.17) is 0 Å². The lowest BCUT2D eigenvalue weighted by molar-refractivity contribution is 0.0649. The van der Waals surface area contributed by atoms with Gasteiger partial charge in [-0.1, -0.05) is 0 Å². The third-order valence-electron chi connectivity index (χ3n) is 3.00. The molecule has 0 spiro atoms. The molecule has 0 fully saturated rings. The molecule has 0 bridgehead atoms. The molecule has 2 amide bonds. The summed E-state index contributed by atoms with van der Waals surface area (Å²) in [6.45, 7) is 0.962. The van der Waals surface area contributed by atoms with Gasteiger partial charge in [0.15, 0.2) is 11.6 Å². The zero-order valence-electron chi connectivity index (χ0n) is 10.7. The molecule has 0 unspecified atom stereocenters. The topological polar surface area (TPSA) is 40.6 Å².